The summed E-state index contributed by atoms with van der Waals surface area (Å²) in [5.74, 6) is -3.79. The third kappa shape index (κ3) is 3.17. The molecule has 2 rings (SSSR count). The standard InChI is InChI=1S/C16H19F5N2O2/c1-8(2)12-10(5-4-9(17)13(12)18)23-7-15(25-3,16(19,20)21)6-11(23)14(22)24/h4-5,8,11H,6-7H2,1-3H3,(H2,22,24). The second kappa shape index (κ2) is 6.44. The summed E-state index contributed by atoms with van der Waals surface area (Å²) in [6, 6.07) is 0.616. The minimum absolute atomic E-state index is 0.000810. The quantitative estimate of drug-likeness (QED) is 0.834. The molecule has 0 bridgehead atoms. The number of hydrogen-bond acceptors (Lipinski definition) is 3. The maximum Gasteiger partial charge on any atom is 0.419 e. The molecule has 1 aliphatic rings. The van der Waals surface area contributed by atoms with Gasteiger partial charge < -0.3 is 15.4 Å². The number of methoxy groups -OCH3 is 1. The van der Waals surface area contributed by atoms with Crippen LogP contribution in [0.3, 0.4) is 0 Å². The van der Waals surface area contributed by atoms with Crippen molar-refractivity contribution in [1.82, 2.24) is 0 Å². The number of halogens is 5. The number of nitrogens with two attached hydrogens (primary N) is 1. The molecule has 0 aliphatic carbocycles. The number of anilines is 1. The van der Waals surface area contributed by atoms with E-state index in [-0.39, 0.29) is 11.3 Å². The van der Waals surface area contributed by atoms with Crippen LogP contribution in [0.25, 0.3) is 0 Å². The predicted molar refractivity (Wildman–Crippen MR) is 81.2 cm³/mol. The average molecular weight is 366 g/mol. The Labute approximate surface area is 141 Å². The molecular formula is C16H19F5N2O2. The van der Waals surface area contributed by atoms with Gasteiger partial charge in [0, 0.05) is 24.8 Å². The van der Waals surface area contributed by atoms with Crippen LogP contribution in [0.4, 0.5) is 27.6 Å². The maximum atomic E-state index is 14.2. The summed E-state index contributed by atoms with van der Waals surface area (Å²) in [6.07, 6.45) is -5.49. The van der Waals surface area contributed by atoms with Gasteiger partial charge in [0.1, 0.15) is 6.04 Å². The van der Waals surface area contributed by atoms with E-state index in [9.17, 15) is 26.7 Å². The number of rotatable bonds is 4. The van der Waals surface area contributed by atoms with Crippen molar-refractivity contribution in [3.63, 3.8) is 0 Å². The SMILES string of the molecule is COC1(C(F)(F)F)CC(C(N)=O)N(c2ccc(F)c(F)c2C(C)C)C1. The van der Waals surface area contributed by atoms with E-state index in [2.05, 4.69) is 0 Å². The van der Waals surface area contributed by atoms with E-state index in [0.717, 1.165) is 24.1 Å². The fourth-order valence-electron chi connectivity index (χ4n) is 3.20. The van der Waals surface area contributed by atoms with Gasteiger partial charge in [0.15, 0.2) is 17.2 Å². The van der Waals surface area contributed by atoms with E-state index >= 15 is 0 Å². The fraction of sp³-hybridized carbons (Fsp3) is 0.562. The zero-order valence-corrected chi connectivity index (χ0v) is 14.0. The van der Waals surface area contributed by atoms with E-state index in [1.54, 1.807) is 13.8 Å². The van der Waals surface area contributed by atoms with Crippen LogP contribution in [0.5, 0.6) is 0 Å². The van der Waals surface area contributed by atoms with Gasteiger partial charge in [-0.3, -0.25) is 4.79 Å². The van der Waals surface area contributed by atoms with Crippen LogP contribution >= 0.6 is 0 Å². The number of nitrogens with zero attached hydrogens (tertiary/aromatic N) is 1. The third-order valence-corrected chi connectivity index (χ3v) is 4.56. The summed E-state index contributed by atoms with van der Waals surface area (Å²) in [7, 11) is 0.893. The van der Waals surface area contributed by atoms with Gasteiger partial charge in [0.25, 0.3) is 0 Å². The number of carbonyl (C=O) groups is 1. The van der Waals surface area contributed by atoms with Crippen LogP contribution in [0.15, 0.2) is 12.1 Å². The van der Waals surface area contributed by atoms with Crippen molar-refractivity contribution < 1.29 is 31.5 Å². The highest BCUT2D eigenvalue weighted by atomic mass is 19.4. The van der Waals surface area contributed by atoms with Crippen molar-refractivity contribution in [2.75, 3.05) is 18.6 Å². The van der Waals surface area contributed by atoms with E-state index in [0.29, 0.717) is 0 Å². The van der Waals surface area contributed by atoms with E-state index < -0.39 is 54.2 Å². The van der Waals surface area contributed by atoms with Gasteiger partial charge in [-0.2, -0.15) is 13.2 Å². The molecule has 1 aromatic rings. The Morgan fingerprint density at radius 2 is 1.96 bits per heavy atom. The van der Waals surface area contributed by atoms with Crippen molar-refractivity contribution in [3.8, 4) is 0 Å². The fourth-order valence-corrected chi connectivity index (χ4v) is 3.20. The first-order chi connectivity index (χ1) is 11.4. The van der Waals surface area contributed by atoms with Gasteiger partial charge in [-0.1, -0.05) is 13.8 Å². The van der Waals surface area contributed by atoms with E-state index in [1.807, 2.05) is 0 Å². The summed E-state index contributed by atoms with van der Waals surface area (Å²) in [5.41, 5.74) is 2.54. The molecule has 9 heteroatoms. The lowest BCUT2D eigenvalue weighted by molar-refractivity contribution is -0.261. The minimum Gasteiger partial charge on any atom is -0.368 e. The van der Waals surface area contributed by atoms with Crippen LogP contribution in [-0.4, -0.2) is 37.4 Å². The van der Waals surface area contributed by atoms with Crippen LogP contribution in [0.2, 0.25) is 0 Å². The van der Waals surface area contributed by atoms with Crippen LogP contribution in [0.1, 0.15) is 31.7 Å². The number of hydrogen-bond donors (Lipinski definition) is 1. The summed E-state index contributed by atoms with van der Waals surface area (Å²) in [5, 5.41) is 0. The zero-order valence-electron chi connectivity index (χ0n) is 14.0. The van der Waals surface area contributed by atoms with Gasteiger partial charge in [0.2, 0.25) is 5.91 Å². The number of primary amides is 1. The molecular weight excluding hydrogens is 347 g/mol. The van der Waals surface area contributed by atoms with Gasteiger partial charge in [0.05, 0.1) is 6.54 Å². The molecule has 2 atom stereocenters. The molecule has 1 heterocycles. The van der Waals surface area contributed by atoms with Crippen molar-refractivity contribution in [1.29, 1.82) is 0 Å². The van der Waals surface area contributed by atoms with Crippen LogP contribution in [-0.2, 0) is 9.53 Å². The molecule has 0 aromatic heterocycles. The minimum atomic E-state index is -4.76. The first-order valence-corrected chi connectivity index (χ1v) is 7.61. The lowest BCUT2D eigenvalue weighted by Crippen LogP contribution is -2.49. The lowest BCUT2D eigenvalue weighted by Gasteiger charge is -2.31. The molecule has 1 aliphatic heterocycles. The molecule has 2 unspecified atom stereocenters. The number of alkyl halides is 3. The average Bonchev–Trinajstić information content (AvgIpc) is 2.90. The first kappa shape index (κ1) is 19.4. The predicted octanol–water partition coefficient (Wildman–Crippen LogP) is 3.10. The van der Waals surface area contributed by atoms with Crippen molar-refractivity contribution in [2.45, 2.75) is 44.0 Å². The molecule has 1 aromatic carbocycles. The Bertz CT molecular complexity index is 677. The monoisotopic (exact) mass is 366 g/mol. The molecule has 0 spiro atoms. The second-order valence-corrected chi connectivity index (χ2v) is 6.40. The highest BCUT2D eigenvalue weighted by molar-refractivity contribution is 5.85. The van der Waals surface area contributed by atoms with E-state index in [4.69, 9.17) is 10.5 Å². The van der Waals surface area contributed by atoms with Crippen LogP contribution < -0.4 is 10.6 Å². The molecule has 140 valence electrons. The largest absolute Gasteiger partial charge is 0.419 e. The van der Waals surface area contributed by atoms with Gasteiger partial charge >= 0.3 is 6.18 Å². The smallest absolute Gasteiger partial charge is 0.368 e. The van der Waals surface area contributed by atoms with E-state index in [1.165, 1.54) is 0 Å². The molecule has 0 radical (unpaired) electrons. The number of carbonyl (C=O) groups excluding carboxylic acids is 1. The molecule has 1 fully saturated rings. The third-order valence-electron chi connectivity index (χ3n) is 4.56. The van der Waals surface area contributed by atoms with Gasteiger partial charge in [-0.05, 0) is 18.1 Å². The maximum absolute atomic E-state index is 14.2. The Kier molecular flexibility index (Phi) is 5.00. The zero-order chi connectivity index (χ0) is 19.2. The molecule has 25 heavy (non-hydrogen) atoms. The normalized spacial score (nSPS) is 24.2. The number of amides is 1. The van der Waals surface area contributed by atoms with Crippen LogP contribution in [0, 0.1) is 11.6 Å². The van der Waals surface area contributed by atoms with Gasteiger partial charge in [-0.25, -0.2) is 8.78 Å². The topological polar surface area (TPSA) is 55.6 Å². The highest BCUT2D eigenvalue weighted by Gasteiger charge is 2.62. The highest BCUT2D eigenvalue weighted by Crippen LogP contribution is 2.46. The molecule has 1 saturated heterocycles. The number of benzene rings is 1. The second-order valence-electron chi connectivity index (χ2n) is 6.40. The van der Waals surface area contributed by atoms with Crippen molar-refractivity contribution >= 4 is 11.6 Å². The Morgan fingerprint density at radius 3 is 2.40 bits per heavy atom. The van der Waals surface area contributed by atoms with Crippen molar-refractivity contribution in [3.05, 3.63) is 29.3 Å². The molecule has 4 nitrogen and oxygen atoms in total. The lowest BCUT2D eigenvalue weighted by atomic mass is 9.98. The molecule has 2 N–H and O–H groups in total. The Morgan fingerprint density at radius 1 is 1.36 bits per heavy atom. The number of ether oxygens (including phenoxy) is 1. The summed E-state index contributed by atoms with van der Waals surface area (Å²) in [6.45, 7) is 2.40. The molecule has 1 amide bonds. The summed E-state index contributed by atoms with van der Waals surface area (Å²) >= 11 is 0. The summed E-state index contributed by atoms with van der Waals surface area (Å²) < 4.78 is 73.0. The molecule has 0 saturated carbocycles. The Balaban J connectivity index is 2.61. The first-order valence-electron chi connectivity index (χ1n) is 7.61. The summed E-state index contributed by atoms with van der Waals surface area (Å²) in [4.78, 5) is 12.8. The Hall–Kier alpha value is -1.90. The van der Waals surface area contributed by atoms with Gasteiger partial charge in [-0.15, -0.1) is 0 Å². The van der Waals surface area contributed by atoms with Crippen molar-refractivity contribution in [2.24, 2.45) is 5.73 Å².